The van der Waals surface area contributed by atoms with Gasteiger partial charge in [0.05, 0.1) is 0 Å². The van der Waals surface area contributed by atoms with E-state index >= 15 is 0 Å². The SMILES string of the molecule is O=C(C1NNC2CCNCC21)N(Cc1ccccc1)C1CCCCC1. The molecule has 3 atom stereocenters. The molecule has 2 aliphatic heterocycles. The number of piperidine rings is 1. The lowest BCUT2D eigenvalue weighted by Gasteiger charge is -2.37. The van der Waals surface area contributed by atoms with E-state index in [9.17, 15) is 4.79 Å². The Morgan fingerprint density at radius 1 is 1.04 bits per heavy atom. The quantitative estimate of drug-likeness (QED) is 0.781. The highest BCUT2D eigenvalue weighted by atomic mass is 16.2. The summed E-state index contributed by atoms with van der Waals surface area (Å²) in [4.78, 5) is 15.7. The van der Waals surface area contributed by atoms with Crippen molar-refractivity contribution >= 4 is 5.91 Å². The highest BCUT2D eigenvalue weighted by Gasteiger charge is 2.43. The van der Waals surface area contributed by atoms with Crippen molar-refractivity contribution in [3.63, 3.8) is 0 Å². The van der Waals surface area contributed by atoms with E-state index in [2.05, 4.69) is 45.3 Å². The average Bonchev–Trinajstić information content (AvgIpc) is 3.11. The molecule has 1 amide bonds. The van der Waals surface area contributed by atoms with Gasteiger partial charge in [0.2, 0.25) is 5.91 Å². The van der Waals surface area contributed by atoms with Gasteiger partial charge >= 0.3 is 0 Å². The van der Waals surface area contributed by atoms with Crippen molar-refractivity contribution in [2.24, 2.45) is 5.92 Å². The summed E-state index contributed by atoms with van der Waals surface area (Å²) < 4.78 is 0. The third kappa shape index (κ3) is 3.73. The van der Waals surface area contributed by atoms with Crippen LogP contribution >= 0.6 is 0 Å². The Kier molecular flexibility index (Phi) is 5.34. The second-order valence-corrected chi connectivity index (χ2v) is 7.77. The number of carbonyl (C=O) groups excluding carboxylic acids is 1. The topological polar surface area (TPSA) is 56.4 Å². The molecule has 0 aromatic heterocycles. The third-order valence-electron chi connectivity index (χ3n) is 6.14. The lowest BCUT2D eigenvalue weighted by molar-refractivity contribution is -0.138. The third-order valence-corrected chi connectivity index (χ3v) is 6.14. The first-order valence-electron chi connectivity index (χ1n) is 9.89. The number of nitrogens with one attached hydrogen (secondary N) is 3. The van der Waals surface area contributed by atoms with E-state index < -0.39 is 0 Å². The fourth-order valence-electron chi connectivity index (χ4n) is 4.70. The molecule has 3 fully saturated rings. The summed E-state index contributed by atoms with van der Waals surface area (Å²) in [6.45, 7) is 2.69. The van der Waals surface area contributed by atoms with Crippen molar-refractivity contribution < 1.29 is 4.79 Å². The lowest BCUT2D eigenvalue weighted by Crippen LogP contribution is -2.53. The zero-order valence-corrected chi connectivity index (χ0v) is 14.9. The predicted octanol–water partition coefficient (Wildman–Crippen LogP) is 1.80. The highest BCUT2D eigenvalue weighted by molar-refractivity contribution is 5.83. The number of hydrogen-bond acceptors (Lipinski definition) is 4. The molecule has 1 aliphatic carbocycles. The van der Waals surface area contributed by atoms with Crippen LogP contribution in [0.15, 0.2) is 30.3 Å². The fourth-order valence-corrected chi connectivity index (χ4v) is 4.70. The highest BCUT2D eigenvalue weighted by Crippen LogP contribution is 2.28. The van der Waals surface area contributed by atoms with Gasteiger partial charge in [0.1, 0.15) is 6.04 Å². The Labute approximate surface area is 150 Å². The number of benzene rings is 1. The van der Waals surface area contributed by atoms with Gasteiger partial charge in [-0.3, -0.25) is 10.2 Å². The minimum atomic E-state index is -0.108. The largest absolute Gasteiger partial charge is 0.334 e. The van der Waals surface area contributed by atoms with Crippen LogP contribution in [0.3, 0.4) is 0 Å². The van der Waals surface area contributed by atoms with Crippen molar-refractivity contribution in [1.82, 2.24) is 21.1 Å². The standard InChI is InChI=1S/C20H30N4O/c25-20(19-17-13-21-12-11-18(17)22-23-19)24(16-9-5-2-6-10-16)14-15-7-3-1-4-8-15/h1,3-4,7-8,16-19,21-23H,2,5-6,9-14H2. The number of hydrazine groups is 1. The molecular weight excluding hydrogens is 312 g/mol. The molecule has 0 spiro atoms. The van der Waals surface area contributed by atoms with Gasteiger partial charge in [0.15, 0.2) is 0 Å². The van der Waals surface area contributed by atoms with Gasteiger partial charge in [-0.2, -0.15) is 0 Å². The molecule has 3 unspecified atom stereocenters. The Balaban J connectivity index is 1.53. The van der Waals surface area contributed by atoms with Gasteiger partial charge < -0.3 is 10.2 Å². The van der Waals surface area contributed by atoms with E-state index in [1.54, 1.807) is 0 Å². The van der Waals surface area contributed by atoms with Crippen LogP contribution in [-0.4, -0.2) is 42.0 Å². The fraction of sp³-hybridized carbons (Fsp3) is 0.650. The minimum Gasteiger partial charge on any atom is -0.334 e. The van der Waals surface area contributed by atoms with Crippen LogP contribution in [0.2, 0.25) is 0 Å². The summed E-state index contributed by atoms with van der Waals surface area (Å²) in [5.41, 5.74) is 7.92. The molecule has 136 valence electrons. The van der Waals surface area contributed by atoms with Crippen molar-refractivity contribution in [2.45, 2.75) is 63.2 Å². The molecule has 4 rings (SSSR count). The van der Waals surface area contributed by atoms with Crippen LogP contribution in [0.1, 0.15) is 44.1 Å². The molecule has 5 heteroatoms. The van der Waals surface area contributed by atoms with Crippen LogP contribution in [0.25, 0.3) is 0 Å². The summed E-state index contributed by atoms with van der Waals surface area (Å²) in [6, 6.07) is 11.1. The summed E-state index contributed by atoms with van der Waals surface area (Å²) >= 11 is 0. The Bertz CT molecular complexity index is 572. The number of nitrogens with zero attached hydrogens (tertiary/aromatic N) is 1. The Hall–Kier alpha value is -1.43. The van der Waals surface area contributed by atoms with Crippen LogP contribution < -0.4 is 16.2 Å². The van der Waals surface area contributed by atoms with E-state index in [-0.39, 0.29) is 11.9 Å². The predicted molar refractivity (Wildman–Crippen MR) is 98.7 cm³/mol. The smallest absolute Gasteiger partial charge is 0.242 e. The summed E-state index contributed by atoms with van der Waals surface area (Å²) in [5.74, 6) is 0.627. The second-order valence-electron chi connectivity index (χ2n) is 7.77. The Morgan fingerprint density at radius 3 is 2.64 bits per heavy atom. The summed E-state index contributed by atoms with van der Waals surface area (Å²) in [5, 5.41) is 3.46. The van der Waals surface area contributed by atoms with Crippen LogP contribution in [0, 0.1) is 5.92 Å². The van der Waals surface area contributed by atoms with Crippen LogP contribution in [0.4, 0.5) is 0 Å². The molecule has 2 saturated heterocycles. The van der Waals surface area contributed by atoms with Crippen molar-refractivity contribution in [3.8, 4) is 0 Å². The van der Waals surface area contributed by atoms with Gasteiger partial charge in [-0.25, -0.2) is 5.43 Å². The maximum absolute atomic E-state index is 13.5. The average molecular weight is 342 g/mol. The van der Waals surface area contributed by atoms with Crippen molar-refractivity contribution in [3.05, 3.63) is 35.9 Å². The number of fused-ring (bicyclic) bond motifs is 1. The molecule has 25 heavy (non-hydrogen) atoms. The molecule has 5 nitrogen and oxygen atoms in total. The molecule has 0 bridgehead atoms. The molecule has 2 heterocycles. The Morgan fingerprint density at radius 2 is 1.84 bits per heavy atom. The molecule has 1 aromatic rings. The number of amides is 1. The molecule has 1 saturated carbocycles. The van der Waals surface area contributed by atoms with Gasteiger partial charge in [0.25, 0.3) is 0 Å². The monoisotopic (exact) mass is 342 g/mol. The minimum absolute atomic E-state index is 0.108. The number of rotatable bonds is 4. The van der Waals surface area contributed by atoms with E-state index in [0.717, 1.165) is 38.9 Å². The first-order chi connectivity index (χ1) is 12.3. The molecule has 0 radical (unpaired) electrons. The first-order valence-corrected chi connectivity index (χ1v) is 9.89. The van der Waals surface area contributed by atoms with Gasteiger partial charge in [-0.1, -0.05) is 49.6 Å². The zero-order valence-electron chi connectivity index (χ0n) is 14.9. The molecule has 3 aliphatic rings. The van der Waals surface area contributed by atoms with Crippen molar-refractivity contribution in [1.29, 1.82) is 0 Å². The normalized spacial score (nSPS) is 30.0. The van der Waals surface area contributed by atoms with Gasteiger partial charge in [-0.05, 0) is 31.4 Å². The van der Waals surface area contributed by atoms with Crippen molar-refractivity contribution in [2.75, 3.05) is 13.1 Å². The van der Waals surface area contributed by atoms with E-state index in [4.69, 9.17) is 0 Å². The second kappa shape index (κ2) is 7.85. The molecule has 3 N–H and O–H groups in total. The van der Waals surface area contributed by atoms with Crippen LogP contribution in [-0.2, 0) is 11.3 Å². The van der Waals surface area contributed by atoms with E-state index in [0.29, 0.717) is 18.0 Å². The van der Waals surface area contributed by atoms with Crippen LogP contribution in [0.5, 0.6) is 0 Å². The summed E-state index contributed by atoms with van der Waals surface area (Å²) in [7, 11) is 0. The zero-order chi connectivity index (χ0) is 17.1. The number of hydrogen-bond donors (Lipinski definition) is 3. The summed E-state index contributed by atoms with van der Waals surface area (Å²) in [6.07, 6.45) is 7.17. The lowest BCUT2D eigenvalue weighted by atomic mass is 9.87. The van der Waals surface area contributed by atoms with E-state index in [1.807, 2.05) is 6.07 Å². The maximum atomic E-state index is 13.5. The molecule has 1 aromatic carbocycles. The van der Waals surface area contributed by atoms with E-state index in [1.165, 1.54) is 24.8 Å². The molecular formula is C20H30N4O. The van der Waals surface area contributed by atoms with Gasteiger partial charge in [0, 0.05) is 31.1 Å². The maximum Gasteiger partial charge on any atom is 0.242 e. The first kappa shape index (κ1) is 17.0. The van der Waals surface area contributed by atoms with Gasteiger partial charge in [-0.15, -0.1) is 0 Å². The number of carbonyl (C=O) groups is 1.